The van der Waals surface area contributed by atoms with E-state index in [2.05, 4.69) is 9.47 Å². The van der Waals surface area contributed by atoms with E-state index in [9.17, 15) is 9.59 Å². The van der Waals surface area contributed by atoms with Crippen LogP contribution in [0.5, 0.6) is 0 Å². The van der Waals surface area contributed by atoms with E-state index in [1.807, 2.05) is 0 Å². The van der Waals surface area contributed by atoms with E-state index in [1.54, 1.807) is 0 Å². The molecule has 0 aromatic heterocycles. The van der Waals surface area contributed by atoms with Gasteiger partial charge in [-0.05, 0) is 12.3 Å². The fourth-order valence-electron chi connectivity index (χ4n) is 1.21. The lowest BCUT2D eigenvalue weighted by atomic mass is 10.2. The summed E-state index contributed by atoms with van der Waals surface area (Å²) < 4.78 is 9.00. The van der Waals surface area contributed by atoms with Crippen LogP contribution >= 0.6 is 0 Å². The third-order valence-corrected chi connectivity index (χ3v) is 2.08. The summed E-state index contributed by atoms with van der Waals surface area (Å²) in [6, 6.07) is 0. The highest BCUT2D eigenvalue weighted by Gasteiger charge is 2.45. The Morgan fingerprint density at radius 3 is 2.50 bits per heavy atom. The minimum atomic E-state index is -0.258. The Kier molecular flexibility index (Phi) is 2.68. The second-order valence-electron chi connectivity index (χ2n) is 2.91. The van der Waals surface area contributed by atoms with Gasteiger partial charge < -0.3 is 9.47 Å². The van der Waals surface area contributed by atoms with Gasteiger partial charge in [-0.1, -0.05) is 0 Å². The zero-order valence-corrected chi connectivity index (χ0v) is 7.20. The van der Waals surface area contributed by atoms with E-state index in [-0.39, 0.29) is 23.8 Å². The first-order chi connectivity index (χ1) is 5.69. The highest BCUT2D eigenvalue weighted by molar-refractivity contribution is 5.78. The molecule has 4 heteroatoms. The Hall–Kier alpha value is -1.06. The third-order valence-electron chi connectivity index (χ3n) is 2.08. The van der Waals surface area contributed by atoms with Gasteiger partial charge in [0.2, 0.25) is 0 Å². The van der Waals surface area contributed by atoms with Gasteiger partial charge in [0.25, 0.3) is 0 Å². The van der Waals surface area contributed by atoms with Crippen molar-refractivity contribution in [2.45, 2.75) is 12.8 Å². The van der Waals surface area contributed by atoms with Crippen LogP contribution in [0.4, 0.5) is 0 Å². The zero-order valence-electron chi connectivity index (χ0n) is 7.20. The van der Waals surface area contributed by atoms with Crippen LogP contribution in [0.25, 0.3) is 0 Å². The quantitative estimate of drug-likeness (QED) is 0.577. The molecular formula is C8H12O4. The van der Waals surface area contributed by atoms with Crippen molar-refractivity contribution in [1.29, 1.82) is 0 Å². The molecule has 12 heavy (non-hydrogen) atoms. The van der Waals surface area contributed by atoms with Gasteiger partial charge in [0.05, 0.1) is 20.1 Å². The number of carbonyl (C=O) groups is 2. The van der Waals surface area contributed by atoms with Crippen LogP contribution in [0.15, 0.2) is 0 Å². The number of esters is 2. The Bertz CT molecular complexity index is 199. The van der Waals surface area contributed by atoms with Gasteiger partial charge >= 0.3 is 11.9 Å². The maximum atomic E-state index is 10.9. The van der Waals surface area contributed by atoms with Gasteiger partial charge in [0.1, 0.15) is 0 Å². The number of methoxy groups -OCH3 is 2. The smallest absolute Gasteiger partial charge is 0.308 e. The maximum absolute atomic E-state index is 10.9. The SMILES string of the molecule is COC(=O)C[C@@H]1C[C@@H]1C(=O)OC. The Morgan fingerprint density at radius 2 is 2.00 bits per heavy atom. The van der Waals surface area contributed by atoms with Crippen LogP contribution in [0, 0.1) is 11.8 Å². The molecule has 1 aliphatic rings. The number of carbonyl (C=O) groups excluding carboxylic acids is 2. The predicted octanol–water partition coefficient (Wildman–Crippen LogP) is 0.359. The number of hydrogen-bond donors (Lipinski definition) is 0. The Morgan fingerprint density at radius 1 is 1.33 bits per heavy atom. The number of ether oxygens (including phenoxy) is 2. The summed E-state index contributed by atoms with van der Waals surface area (Å²) in [4.78, 5) is 21.6. The molecule has 0 saturated heterocycles. The summed E-state index contributed by atoms with van der Waals surface area (Å²) >= 11 is 0. The monoisotopic (exact) mass is 172 g/mol. The van der Waals surface area contributed by atoms with Gasteiger partial charge in [0.15, 0.2) is 0 Å². The average molecular weight is 172 g/mol. The summed E-state index contributed by atoms with van der Waals surface area (Å²) in [7, 11) is 2.70. The molecule has 0 N–H and O–H groups in total. The van der Waals surface area contributed by atoms with Crippen molar-refractivity contribution in [3.05, 3.63) is 0 Å². The van der Waals surface area contributed by atoms with E-state index in [0.717, 1.165) is 6.42 Å². The summed E-state index contributed by atoms with van der Waals surface area (Å²) in [6.07, 6.45) is 1.08. The fraction of sp³-hybridized carbons (Fsp3) is 0.750. The van der Waals surface area contributed by atoms with Crippen LogP contribution in [0.3, 0.4) is 0 Å². The second kappa shape index (κ2) is 3.56. The Labute approximate surface area is 70.8 Å². The highest BCUT2D eigenvalue weighted by atomic mass is 16.5. The van der Waals surface area contributed by atoms with E-state index >= 15 is 0 Å². The molecule has 0 heterocycles. The number of hydrogen-bond acceptors (Lipinski definition) is 4. The van der Waals surface area contributed by atoms with Crippen molar-refractivity contribution in [2.75, 3.05) is 14.2 Å². The predicted molar refractivity (Wildman–Crippen MR) is 40.2 cm³/mol. The van der Waals surface area contributed by atoms with E-state index in [1.165, 1.54) is 14.2 Å². The van der Waals surface area contributed by atoms with Gasteiger partial charge in [-0.2, -0.15) is 0 Å². The molecule has 1 saturated carbocycles. The molecule has 0 radical (unpaired) electrons. The first kappa shape index (κ1) is 9.03. The van der Waals surface area contributed by atoms with Crippen LogP contribution < -0.4 is 0 Å². The van der Waals surface area contributed by atoms with Crippen molar-refractivity contribution in [3.8, 4) is 0 Å². The molecular weight excluding hydrogens is 160 g/mol. The minimum Gasteiger partial charge on any atom is -0.469 e. The van der Waals surface area contributed by atoms with Gasteiger partial charge in [-0.3, -0.25) is 9.59 Å². The molecule has 4 nitrogen and oxygen atoms in total. The normalized spacial score (nSPS) is 26.2. The molecule has 2 atom stereocenters. The van der Waals surface area contributed by atoms with E-state index < -0.39 is 0 Å². The summed E-state index contributed by atoms with van der Waals surface area (Å²) in [5.41, 5.74) is 0. The van der Waals surface area contributed by atoms with Crippen LogP contribution in [-0.2, 0) is 19.1 Å². The van der Waals surface area contributed by atoms with E-state index in [0.29, 0.717) is 6.42 Å². The van der Waals surface area contributed by atoms with Crippen molar-refractivity contribution in [3.63, 3.8) is 0 Å². The largest absolute Gasteiger partial charge is 0.469 e. The number of rotatable bonds is 3. The van der Waals surface area contributed by atoms with Crippen molar-refractivity contribution in [2.24, 2.45) is 11.8 Å². The lowest BCUT2D eigenvalue weighted by Crippen LogP contribution is -2.07. The molecule has 1 aliphatic carbocycles. The van der Waals surface area contributed by atoms with E-state index in [4.69, 9.17) is 0 Å². The summed E-state index contributed by atoms with van der Waals surface area (Å²) in [5, 5.41) is 0. The highest BCUT2D eigenvalue weighted by Crippen LogP contribution is 2.42. The molecule has 0 aromatic carbocycles. The molecule has 1 rings (SSSR count). The van der Waals surface area contributed by atoms with Crippen LogP contribution in [0.1, 0.15) is 12.8 Å². The van der Waals surface area contributed by atoms with Gasteiger partial charge in [-0.15, -0.1) is 0 Å². The molecule has 0 amide bonds. The van der Waals surface area contributed by atoms with Crippen molar-refractivity contribution >= 4 is 11.9 Å². The van der Waals surface area contributed by atoms with Crippen LogP contribution in [0.2, 0.25) is 0 Å². The molecule has 0 unspecified atom stereocenters. The topological polar surface area (TPSA) is 52.6 Å². The standard InChI is InChI=1S/C8H12O4/c1-11-7(9)4-5-3-6(5)8(10)12-2/h5-6H,3-4H2,1-2H3/t5-,6-/m0/s1. The lowest BCUT2D eigenvalue weighted by Gasteiger charge is -1.97. The molecule has 0 aliphatic heterocycles. The Balaban J connectivity index is 2.24. The molecule has 0 aromatic rings. The fourth-order valence-corrected chi connectivity index (χ4v) is 1.21. The minimum absolute atomic E-state index is 0.0749. The maximum Gasteiger partial charge on any atom is 0.308 e. The molecule has 0 spiro atoms. The molecule has 1 fully saturated rings. The average Bonchev–Trinajstić information content (AvgIpc) is 2.82. The zero-order chi connectivity index (χ0) is 9.14. The van der Waals surface area contributed by atoms with Gasteiger partial charge in [-0.25, -0.2) is 0 Å². The second-order valence-corrected chi connectivity index (χ2v) is 2.91. The van der Waals surface area contributed by atoms with Gasteiger partial charge in [0, 0.05) is 6.42 Å². The molecule has 68 valence electrons. The van der Waals surface area contributed by atoms with Crippen molar-refractivity contribution < 1.29 is 19.1 Å². The molecule has 0 bridgehead atoms. The first-order valence-electron chi connectivity index (χ1n) is 3.83. The third kappa shape index (κ3) is 1.96. The lowest BCUT2D eigenvalue weighted by molar-refractivity contribution is -0.143. The van der Waals surface area contributed by atoms with Crippen LogP contribution in [-0.4, -0.2) is 26.2 Å². The summed E-state index contributed by atoms with van der Waals surface area (Å²) in [6.45, 7) is 0. The van der Waals surface area contributed by atoms with Crippen molar-refractivity contribution in [1.82, 2.24) is 0 Å². The summed E-state index contributed by atoms with van der Waals surface area (Å²) in [5.74, 6) is -0.408. The first-order valence-corrected chi connectivity index (χ1v) is 3.83.